The number of amides is 1. The molecule has 0 saturated carbocycles. The molecule has 0 aliphatic heterocycles. The van der Waals surface area contributed by atoms with Gasteiger partial charge in [-0.1, -0.05) is 17.7 Å². The van der Waals surface area contributed by atoms with Gasteiger partial charge in [-0.25, -0.2) is 0 Å². The van der Waals surface area contributed by atoms with E-state index in [0.29, 0.717) is 16.7 Å². The van der Waals surface area contributed by atoms with Crippen LogP contribution in [0.15, 0.2) is 54.6 Å². The third kappa shape index (κ3) is 4.13. The molecule has 1 N–H and O–H groups in total. The third-order valence-electron chi connectivity index (χ3n) is 4.96. The minimum Gasteiger partial charge on any atom is -0.487 e. The molecular formula is C23H21N5O4. The molecule has 0 aliphatic carbocycles. The van der Waals surface area contributed by atoms with Crippen molar-refractivity contribution in [3.05, 3.63) is 81.4 Å². The summed E-state index contributed by atoms with van der Waals surface area (Å²) >= 11 is 0. The van der Waals surface area contributed by atoms with Gasteiger partial charge in [-0.05, 0) is 62.7 Å². The monoisotopic (exact) mass is 431 g/mol. The number of carbonyl (C=O) groups is 1. The minimum atomic E-state index is -0.567. The second-order valence-electron chi connectivity index (χ2n) is 7.31. The molecule has 9 heteroatoms. The molecule has 0 unspecified atom stereocenters. The quantitative estimate of drug-likeness (QED) is 0.353. The first-order valence-electron chi connectivity index (χ1n) is 10.0. The highest BCUT2D eigenvalue weighted by Crippen LogP contribution is 2.29. The van der Waals surface area contributed by atoms with Crippen LogP contribution in [0.4, 0.5) is 11.4 Å². The molecule has 0 fully saturated rings. The Morgan fingerprint density at radius 3 is 2.41 bits per heavy atom. The molecule has 1 aromatic heterocycles. The summed E-state index contributed by atoms with van der Waals surface area (Å²) in [6.45, 7) is 5.88. The Bertz CT molecular complexity index is 1330. The highest BCUT2D eigenvalue weighted by molar-refractivity contribution is 6.06. The molecule has 1 heterocycles. The number of nitro groups is 1. The Morgan fingerprint density at radius 2 is 1.75 bits per heavy atom. The van der Waals surface area contributed by atoms with Gasteiger partial charge in [0.1, 0.15) is 11.0 Å². The lowest BCUT2D eigenvalue weighted by Crippen LogP contribution is -2.13. The Morgan fingerprint density at radius 1 is 1.06 bits per heavy atom. The number of nitrogens with one attached hydrogen (secondary N) is 1. The van der Waals surface area contributed by atoms with Crippen LogP contribution in [0.5, 0.6) is 5.75 Å². The average molecular weight is 431 g/mol. The molecule has 0 atom stereocenters. The molecule has 0 radical (unpaired) electrons. The molecule has 0 spiro atoms. The van der Waals surface area contributed by atoms with E-state index in [1.807, 2.05) is 44.2 Å². The van der Waals surface area contributed by atoms with E-state index in [9.17, 15) is 14.9 Å². The van der Waals surface area contributed by atoms with E-state index in [1.165, 1.54) is 18.2 Å². The van der Waals surface area contributed by atoms with E-state index >= 15 is 0 Å². The van der Waals surface area contributed by atoms with Gasteiger partial charge in [0.25, 0.3) is 5.91 Å². The van der Waals surface area contributed by atoms with Crippen molar-refractivity contribution in [2.24, 2.45) is 0 Å². The second kappa shape index (κ2) is 8.46. The summed E-state index contributed by atoms with van der Waals surface area (Å²) in [4.78, 5) is 25.1. The molecule has 4 aromatic rings. The Kier molecular flexibility index (Phi) is 5.55. The van der Waals surface area contributed by atoms with Gasteiger partial charge in [0.15, 0.2) is 5.75 Å². The van der Waals surface area contributed by atoms with E-state index in [-0.39, 0.29) is 23.6 Å². The van der Waals surface area contributed by atoms with Gasteiger partial charge in [0.05, 0.1) is 17.2 Å². The number of hydrogen-bond donors (Lipinski definition) is 1. The van der Waals surface area contributed by atoms with E-state index in [2.05, 4.69) is 15.5 Å². The summed E-state index contributed by atoms with van der Waals surface area (Å²) in [5.74, 6) is -0.344. The average Bonchev–Trinajstić information content (AvgIpc) is 3.17. The molecular weight excluding hydrogens is 410 g/mol. The largest absolute Gasteiger partial charge is 0.487 e. The number of fused-ring (bicyclic) bond motifs is 1. The molecule has 4 rings (SSSR count). The lowest BCUT2D eigenvalue weighted by molar-refractivity contribution is -0.385. The van der Waals surface area contributed by atoms with Crippen molar-refractivity contribution < 1.29 is 14.5 Å². The normalized spacial score (nSPS) is 10.8. The third-order valence-corrected chi connectivity index (χ3v) is 4.96. The fourth-order valence-corrected chi connectivity index (χ4v) is 3.27. The van der Waals surface area contributed by atoms with E-state index in [1.54, 1.807) is 17.8 Å². The van der Waals surface area contributed by atoms with Crippen LogP contribution < -0.4 is 10.1 Å². The topological polar surface area (TPSA) is 112 Å². The summed E-state index contributed by atoms with van der Waals surface area (Å²) < 4.78 is 5.27. The van der Waals surface area contributed by atoms with Crippen molar-refractivity contribution in [2.45, 2.75) is 20.8 Å². The van der Waals surface area contributed by atoms with Crippen LogP contribution in [-0.2, 0) is 0 Å². The number of benzene rings is 3. The number of aryl methyl sites for hydroxylation is 2. The van der Waals surface area contributed by atoms with Crippen LogP contribution >= 0.6 is 0 Å². The van der Waals surface area contributed by atoms with Crippen molar-refractivity contribution in [1.82, 2.24) is 15.0 Å². The number of nitrogens with zero attached hydrogens (tertiary/aromatic N) is 4. The number of rotatable bonds is 6. The van der Waals surface area contributed by atoms with Crippen LogP contribution in [0.3, 0.4) is 0 Å². The molecule has 162 valence electrons. The number of carbonyl (C=O) groups excluding carboxylic acids is 1. The summed E-state index contributed by atoms with van der Waals surface area (Å²) in [6, 6.07) is 15.5. The fraction of sp³-hybridized carbons (Fsp3) is 0.174. The fourth-order valence-electron chi connectivity index (χ4n) is 3.27. The Hall–Kier alpha value is -4.27. The van der Waals surface area contributed by atoms with Crippen LogP contribution in [0.1, 0.15) is 28.4 Å². The van der Waals surface area contributed by atoms with E-state index in [4.69, 9.17) is 4.74 Å². The Labute approximate surface area is 183 Å². The smallest absolute Gasteiger partial charge is 0.311 e. The summed E-state index contributed by atoms with van der Waals surface area (Å²) in [5.41, 5.74) is 4.52. The lowest BCUT2D eigenvalue weighted by atomic mass is 10.1. The molecule has 3 aromatic carbocycles. The van der Waals surface area contributed by atoms with Crippen LogP contribution in [-0.4, -0.2) is 32.4 Å². The van der Waals surface area contributed by atoms with Crippen LogP contribution in [0, 0.1) is 24.0 Å². The highest BCUT2D eigenvalue weighted by Gasteiger charge is 2.19. The van der Waals surface area contributed by atoms with Gasteiger partial charge >= 0.3 is 5.69 Å². The highest BCUT2D eigenvalue weighted by atomic mass is 16.6. The van der Waals surface area contributed by atoms with Crippen LogP contribution in [0.25, 0.3) is 16.7 Å². The second-order valence-corrected chi connectivity index (χ2v) is 7.31. The molecule has 1 amide bonds. The van der Waals surface area contributed by atoms with Gasteiger partial charge in [-0.3, -0.25) is 14.9 Å². The molecule has 0 bridgehead atoms. The van der Waals surface area contributed by atoms with Crippen molar-refractivity contribution in [1.29, 1.82) is 0 Å². The van der Waals surface area contributed by atoms with Crippen molar-refractivity contribution in [3.8, 4) is 11.4 Å². The van der Waals surface area contributed by atoms with E-state index in [0.717, 1.165) is 16.8 Å². The lowest BCUT2D eigenvalue weighted by Gasteiger charge is -2.09. The molecule has 9 nitrogen and oxygen atoms in total. The predicted molar refractivity (Wildman–Crippen MR) is 121 cm³/mol. The number of ether oxygens (including phenoxy) is 1. The zero-order chi connectivity index (χ0) is 22.8. The standard InChI is InChI=1S/C23H21N5O4/c1-4-32-22-10-7-16(12-21(22)28(30)31)23(29)24-18-13-20-19(11-15(18)3)25-27(26-20)17-8-5-14(2)6-9-17/h5-13H,4H2,1-3H3,(H,24,29). The number of nitro benzene ring substituents is 1. The maximum Gasteiger partial charge on any atom is 0.311 e. The van der Waals surface area contributed by atoms with E-state index < -0.39 is 10.8 Å². The van der Waals surface area contributed by atoms with Crippen molar-refractivity contribution in [3.63, 3.8) is 0 Å². The first-order valence-corrected chi connectivity index (χ1v) is 10.0. The predicted octanol–water partition coefficient (Wildman–Crippen LogP) is 4.60. The first kappa shape index (κ1) is 21.0. The number of aromatic nitrogens is 3. The number of hydrogen-bond acceptors (Lipinski definition) is 6. The van der Waals surface area contributed by atoms with Gasteiger partial charge in [0.2, 0.25) is 0 Å². The maximum atomic E-state index is 12.8. The van der Waals surface area contributed by atoms with Gasteiger partial charge in [-0.2, -0.15) is 4.80 Å². The first-order chi connectivity index (χ1) is 15.4. The van der Waals surface area contributed by atoms with Crippen molar-refractivity contribution >= 4 is 28.3 Å². The zero-order valence-electron chi connectivity index (χ0n) is 17.8. The molecule has 32 heavy (non-hydrogen) atoms. The summed E-state index contributed by atoms with van der Waals surface area (Å²) in [5, 5.41) is 23.2. The van der Waals surface area contributed by atoms with Crippen LogP contribution in [0.2, 0.25) is 0 Å². The maximum absolute atomic E-state index is 12.8. The van der Waals surface area contributed by atoms with Gasteiger partial charge < -0.3 is 10.1 Å². The van der Waals surface area contributed by atoms with Crippen molar-refractivity contribution in [2.75, 3.05) is 11.9 Å². The Balaban J connectivity index is 1.63. The minimum absolute atomic E-state index is 0.124. The summed E-state index contributed by atoms with van der Waals surface area (Å²) in [6.07, 6.45) is 0. The molecule has 0 saturated heterocycles. The van der Waals surface area contributed by atoms with Gasteiger partial charge in [-0.15, -0.1) is 10.2 Å². The summed E-state index contributed by atoms with van der Waals surface area (Å²) in [7, 11) is 0. The zero-order valence-corrected chi connectivity index (χ0v) is 17.8. The molecule has 0 aliphatic rings. The van der Waals surface area contributed by atoms with Gasteiger partial charge in [0, 0.05) is 17.3 Å². The number of anilines is 1. The SMILES string of the molecule is CCOc1ccc(C(=O)Nc2cc3nn(-c4ccc(C)cc4)nc3cc2C)cc1[N+](=O)[O-].